The van der Waals surface area contributed by atoms with Crippen LogP contribution in [-0.2, 0) is 6.54 Å². The normalized spacial score (nSPS) is 23.7. The first-order valence-electron chi connectivity index (χ1n) is 8.79. The lowest BCUT2D eigenvalue weighted by Crippen LogP contribution is -2.47. The van der Waals surface area contributed by atoms with E-state index >= 15 is 0 Å². The van der Waals surface area contributed by atoms with Crippen molar-refractivity contribution >= 4 is 22.4 Å². The summed E-state index contributed by atoms with van der Waals surface area (Å²) in [5.41, 5.74) is 2.81. The van der Waals surface area contributed by atoms with Crippen LogP contribution in [0.1, 0.15) is 34.7 Å². The van der Waals surface area contributed by atoms with Crippen molar-refractivity contribution < 1.29 is 4.79 Å². The van der Waals surface area contributed by atoms with Gasteiger partial charge in [0.15, 0.2) is 5.13 Å². The van der Waals surface area contributed by atoms with Crippen molar-refractivity contribution in [2.24, 2.45) is 5.92 Å². The molecule has 3 aliphatic rings. The van der Waals surface area contributed by atoms with Gasteiger partial charge in [-0.05, 0) is 25.7 Å². The Labute approximate surface area is 151 Å². The van der Waals surface area contributed by atoms with Crippen LogP contribution in [0.15, 0.2) is 11.7 Å². The molecule has 2 aromatic rings. The minimum atomic E-state index is 0.0743. The van der Waals surface area contributed by atoms with E-state index in [1.165, 1.54) is 17.8 Å². The summed E-state index contributed by atoms with van der Waals surface area (Å²) in [6.07, 6.45) is 4.04. The first-order chi connectivity index (χ1) is 12.1. The highest BCUT2D eigenvalue weighted by atomic mass is 32.1. The fourth-order valence-corrected chi connectivity index (χ4v) is 4.59. The number of hydrogen-bond acceptors (Lipinski definition) is 6. The molecule has 8 heteroatoms. The number of hydrogen-bond donors (Lipinski definition) is 2. The predicted molar refractivity (Wildman–Crippen MR) is 97.8 cm³/mol. The number of H-pyrrole nitrogens is 1. The molecule has 1 amide bonds. The van der Waals surface area contributed by atoms with Gasteiger partial charge in [-0.1, -0.05) is 0 Å². The number of nitrogens with one attached hydrogen (secondary N) is 2. The van der Waals surface area contributed by atoms with E-state index in [4.69, 9.17) is 0 Å². The zero-order valence-electron chi connectivity index (χ0n) is 14.7. The summed E-state index contributed by atoms with van der Waals surface area (Å²) in [4.78, 5) is 29.5. The molecule has 3 saturated heterocycles. The zero-order chi connectivity index (χ0) is 17.4. The van der Waals surface area contributed by atoms with Crippen molar-refractivity contribution in [1.29, 1.82) is 0 Å². The first-order valence-corrected chi connectivity index (χ1v) is 9.67. The van der Waals surface area contributed by atoms with Gasteiger partial charge in [0.05, 0.1) is 12.0 Å². The molecule has 2 N–H and O–H groups in total. The summed E-state index contributed by atoms with van der Waals surface area (Å²) in [5.74, 6) is 0.606. The van der Waals surface area contributed by atoms with E-state index in [0.717, 1.165) is 49.1 Å². The van der Waals surface area contributed by atoms with Crippen molar-refractivity contribution in [3.05, 3.63) is 28.8 Å². The van der Waals surface area contributed by atoms with Crippen molar-refractivity contribution in [2.75, 3.05) is 32.0 Å². The lowest BCUT2D eigenvalue weighted by atomic mass is 9.95. The van der Waals surface area contributed by atoms with Gasteiger partial charge in [0.2, 0.25) is 0 Å². The number of anilines is 1. The molecule has 0 radical (unpaired) electrons. The maximum Gasteiger partial charge on any atom is 0.273 e. The monoisotopic (exact) mass is 360 g/mol. The number of piperidine rings is 1. The molecule has 0 spiro atoms. The molecule has 2 bridgehead atoms. The third kappa shape index (κ3) is 3.28. The third-order valence-corrected chi connectivity index (χ3v) is 6.15. The zero-order valence-corrected chi connectivity index (χ0v) is 15.5. The summed E-state index contributed by atoms with van der Waals surface area (Å²) < 4.78 is 0. The Bertz CT molecular complexity index is 756. The molecule has 5 rings (SSSR count). The Hall–Kier alpha value is -1.93. The minimum absolute atomic E-state index is 0.0743. The number of carbonyl (C=O) groups is 1. The third-order valence-electron chi connectivity index (χ3n) is 5.29. The molecule has 134 valence electrons. The van der Waals surface area contributed by atoms with E-state index in [0.29, 0.717) is 11.6 Å². The van der Waals surface area contributed by atoms with Crippen LogP contribution >= 0.6 is 11.3 Å². The average molecular weight is 360 g/mol. The Morgan fingerprint density at radius 1 is 1.40 bits per heavy atom. The fourth-order valence-electron chi connectivity index (χ4n) is 3.95. The van der Waals surface area contributed by atoms with Gasteiger partial charge in [0, 0.05) is 50.3 Å². The SMILES string of the molecule is CNc1nc(C(=O)N2C[C@H]3CC[C@@H]2CN(Cc2nc[nH]c2C)C3)cs1. The molecule has 0 aromatic carbocycles. The number of aromatic nitrogens is 3. The summed E-state index contributed by atoms with van der Waals surface area (Å²) in [5, 5.41) is 5.66. The highest BCUT2D eigenvalue weighted by molar-refractivity contribution is 7.13. The molecular formula is C17H24N6OS. The van der Waals surface area contributed by atoms with E-state index < -0.39 is 0 Å². The van der Waals surface area contributed by atoms with E-state index in [1.54, 1.807) is 6.33 Å². The van der Waals surface area contributed by atoms with E-state index in [9.17, 15) is 4.79 Å². The molecule has 25 heavy (non-hydrogen) atoms. The lowest BCUT2D eigenvalue weighted by molar-refractivity contribution is 0.0579. The Morgan fingerprint density at radius 3 is 3.00 bits per heavy atom. The number of carbonyl (C=O) groups excluding carboxylic acids is 1. The van der Waals surface area contributed by atoms with Gasteiger partial charge in [0.25, 0.3) is 5.91 Å². The molecule has 3 aliphatic heterocycles. The van der Waals surface area contributed by atoms with Crippen LogP contribution < -0.4 is 5.32 Å². The van der Waals surface area contributed by atoms with E-state index in [-0.39, 0.29) is 11.9 Å². The van der Waals surface area contributed by atoms with Crippen molar-refractivity contribution in [3.8, 4) is 0 Å². The van der Waals surface area contributed by atoms with Crippen molar-refractivity contribution in [3.63, 3.8) is 0 Å². The summed E-state index contributed by atoms with van der Waals surface area (Å²) in [6.45, 7) is 5.70. The molecular weight excluding hydrogens is 336 g/mol. The second-order valence-corrected chi connectivity index (χ2v) is 7.87. The smallest absolute Gasteiger partial charge is 0.273 e. The van der Waals surface area contributed by atoms with Gasteiger partial charge >= 0.3 is 0 Å². The van der Waals surface area contributed by atoms with E-state index in [2.05, 4.69) is 37.0 Å². The van der Waals surface area contributed by atoms with Gasteiger partial charge in [-0.3, -0.25) is 9.69 Å². The van der Waals surface area contributed by atoms with Crippen LogP contribution in [-0.4, -0.2) is 63.4 Å². The standard InChI is InChI=1S/C17H24N6OS/c1-11-14(20-10-19-11)8-22-5-12-3-4-13(7-22)23(6-12)16(24)15-9-25-17(18-2)21-15/h9-10,12-13H,3-8H2,1-2H3,(H,18,21)(H,19,20)/t12-,13+/m0/s1. The first kappa shape index (κ1) is 16.5. The Morgan fingerprint density at radius 2 is 2.28 bits per heavy atom. The largest absolute Gasteiger partial charge is 0.365 e. The number of fused-ring (bicyclic) bond motifs is 4. The molecule has 0 saturated carbocycles. The highest BCUT2D eigenvalue weighted by Crippen LogP contribution is 2.30. The molecule has 7 nitrogen and oxygen atoms in total. The van der Waals surface area contributed by atoms with Gasteiger partial charge in [0.1, 0.15) is 5.69 Å². The van der Waals surface area contributed by atoms with Crippen LogP contribution in [0.25, 0.3) is 0 Å². The van der Waals surface area contributed by atoms with Crippen LogP contribution in [0.4, 0.5) is 5.13 Å². The number of nitrogens with zero attached hydrogens (tertiary/aromatic N) is 4. The van der Waals surface area contributed by atoms with Crippen LogP contribution in [0.3, 0.4) is 0 Å². The predicted octanol–water partition coefficient (Wildman–Crippen LogP) is 1.95. The van der Waals surface area contributed by atoms with Crippen LogP contribution in [0.5, 0.6) is 0 Å². The second kappa shape index (κ2) is 6.76. The van der Waals surface area contributed by atoms with Crippen LogP contribution in [0.2, 0.25) is 0 Å². The second-order valence-electron chi connectivity index (χ2n) is 7.01. The van der Waals surface area contributed by atoms with Crippen molar-refractivity contribution in [1.82, 2.24) is 24.8 Å². The lowest BCUT2D eigenvalue weighted by Gasteiger charge is -2.35. The maximum atomic E-state index is 13.0. The summed E-state index contributed by atoms with van der Waals surface area (Å²) in [6, 6.07) is 0.269. The maximum absolute atomic E-state index is 13.0. The molecule has 0 aliphatic carbocycles. The molecule has 2 aromatic heterocycles. The summed E-state index contributed by atoms with van der Waals surface area (Å²) >= 11 is 1.48. The quantitative estimate of drug-likeness (QED) is 0.871. The fraction of sp³-hybridized carbons (Fsp3) is 0.588. The Balaban J connectivity index is 1.49. The Kier molecular flexibility index (Phi) is 4.47. The minimum Gasteiger partial charge on any atom is -0.365 e. The molecule has 2 atom stereocenters. The number of imidazole rings is 1. The molecule has 5 heterocycles. The number of amides is 1. The van der Waals surface area contributed by atoms with E-state index in [1.807, 2.05) is 12.4 Å². The van der Waals surface area contributed by atoms with Crippen LogP contribution in [0, 0.1) is 12.8 Å². The highest BCUT2D eigenvalue weighted by Gasteiger charge is 2.38. The average Bonchev–Trinajstić information content (AvgIpc) is 3.15. The molecule has 0 unspecified atom stereocenters. The van der Waals surface area contributed by atoms with Gasteiger partial charge in [-0.25, -0.2) is 9.97 Å². The number of rotatable bonds is 4. The van der Waals surface area contributed by atoms with Gasteiger partial charge in [-0.2, -0.15) is 0 Å². The van der Waals surface area contributed by atoms with Gasteiger partial charge in [-0.15, -0.1) is 11.3 Å². The number of aryl methyl sites for hydroxylation is 1. The van der Waals surface area contributed by atoms with Gasteiger partial charge < -0.3 is 15.2 Å². The topological polar surface area (TPSA) is 77.2 Å². The van der Waals surface area contributed by atoms with Crippen molar-refractivity contribution in [2.45, 2.75) is 32.4 Å². The number of aromatic amines is 1. The number of thiazole rings is 1. The molecule has 3 fully saturated rings. The summed E-state index contributed by atoms with van der Waals surface area (Å²) in [7, 11) is 1.83.